The van der Waals surface area contributed by atoms with Crippen LogP contribution in [0.4, 0.5) is 0 Å². The minimum atomic E-state index is 0.185. The molecule has 2 aliphatic heterocycles. The topological polar surface area (TPSA) is 43.8 Å². The summed E-state index contributed by atoms with van der Waals surface area (Å²) in [5, 5.41) is 9.29. The molecular weight excluding hydrogens is 228 g/mol. The van der Waals surface area contributed by atoms with Crippen LogP contribution in [0.25, 0.3) is 0 Å². The van der Waals surface area contributed by atoms with Gasteiger partial charge >= 0.3 is 0 Å². The minimum Gasteiger partial charge on any atom is -0.395 e. The quantitative estimate of drug-likeness (QED) is 0.821. The van der Waals surface area contributed by atoms with Gasteiger partial charge in [-0.1, -0.05) is 6.92 Å². The summed E-state index contributed by atoms with van der Waals surface area (Å²) in [5.41, 5.74) is 0. The van der Waals surface area contributed by atoms with Crippen LogP contribution in [0.3, 0.4) is 0 Å². The Labute approximate surface area is 110 Å². The number of amides is 1. The lowest BCUT2D eigenvalue weighted by atomic mass is 10.00. The maximum absolute atomic E-state index is 12.4. The first-order valence-electron chi connectivity index (χ1n) is 7.40. The summed E-state index contributed by atoms with van der Waals surface area (Å²) in [4.78, 5) is 16.6. The minimum absolute atomic E-state index is 0.185. The van der Waals surface area contributed by atoms with Crippen molar-refractivity contribution in [1.82, 2.24) is 9.80 Å². The van der Waals surface area contributed by atoms with Gasteiger partial charge in [-0.05, 0) is 45.1 Å². The summed E-state index contributed by atoms with van der Waals surface area (Å²) in [5.74, 6) is 0.266. The van der Waals surface area contributed by atoms with E-state index in [1.165, 1.54) is 6.42 Å². The molecule has 0 spiro atoms. The molecule has 18 heavy (non-hydrogen) atoms. The lowest BCUT2D eigenvalue weighted by Gasteiger charge is -2.36. The van der Waals surface area contributed by atoms with Crippen molar-refractivity contribution in [2.24, 2.45) is 0 Å². The van der Waals surface area contributed by atoms with Crippen LogP contribution >= 0.6 is 0 Å². The van der Waals surface area contributed by atoms with E-state index >= 15 is 0 Å². The van der Waals surface area contributed by atoms with Crippen molar-refractivity contribution in [1.29, 1.82) is 0 Å². The van der Waals surface area contributed by atoms with E-state index in [9.17, 15) is 9.90 Å². The van der Waals surface area contributed by atoms with E-state index in [-0.39, 0.29) is 18.6 Å². The molecule has 0 aliphatic carbocycles. The van der Waals surface area contributed by atoms with E-state index < -0.39 is 0 Å². The number of nitrogens with zero attached hydrogens (tertiary/aromatic N) is 2. The average molecular weight is 254 g/mol. The van der Waals surface area contributed by atoms with Crippen LogP contribution < -0.4 is 0 Å². The van der Waals surface area contributed by atoms with Crippen LogP contribution in [0.2, 0.25) is 0 Å². The molecule has 0 aromatic carbocycles. The number of aliphatic hydroxyl groups is 1. The van der Waals surface area contributed by atoms with E-state index in [0.717, 1.165) is 45.2 Å². The smallest absolute Gasteiger partial charge is 0.237 e. The highest BCUT2D eigenvalue weighted by atomic mass is 16.3. The standard InChI is InChI=1S/C14H26N2O2/c1-2-12-6-3-4-9-16(12)14(18)10-15-8-5-7-13(15)11-17/h12-13,17H,2-11H2,1H3/t12?,13-/m1/s1. The Bertz CT molecular complexity index is 283. The summed E-state index contributed by atoms with van der Waals surface area (Å²) in [6.45, 7) is 4.74. The van der Waals surface area contributed by atoms with Gasteiger partial charge in [0.2, 0.25) is 5.91 Å². The molecule has 1 unspecified atom stereocenters. The van der Waals surface area contributed by atoms with Gasteiger partial charge < -0.3 is 10.0 Å². The number of likely N-dealkylation sites (tertiary alicyclic amines) is 2. The average Bonchev–Trinajstić information content (AvgIpc) is 2.85. The molecule has 0 radical (unpaired) electrons. The van der Waals surface area contributed by atoms with Crippen LogP contribution in [0.5, 0.6) is 0 Å². The highest BCUT2D eigenvalue weighted by Crippen LogP contribution is 2.21. The van der Waals surface area contributed by atoms with E-state index in [1.807, 2.05) is 0 Å². The summed E-state index contributed by atoms with van der Waals surface area (Å²) in [7, 11) is 0. The monoisotopic (exact) mass is 254 g/mol. The fourth-order valence-corrected chi connectivity index (χ4v) is 3.33. The van der Waals surface area contributed by atoms with Gasteiger partial charge in [0.25, 0.3) is 0 Å². The van der Waals surface area contributed by atoms with Gasteiger partial charge in [-0.25, -0.2) is 0 Å². The Kier molecular flexibility index (Phi) is 5.01. The molecule has 2 atom stereocenters. The van der Waals surface area contributed by atoms with Gasteiger partial charge in [-0.2, -0.15) is 0 Å². The lowest BCUT2D eigenvalue weighted by molar-refractivity contribution is -0.136. The van der Waals surface area contributed by atoms with E-state index in [1.54, 1.807) is 0 Å². The van der Waals surface area contributed by atoms with Crippen molar-refractivity contribution in [2.75, 3.05) is 26.2 Å². The third-order valence-corrected chi connectivity index (χ3v) is 4.47. The summed E-state index contributed by atoms with van der Waals surface area (Å²) >= 11 is 0. The molecule has 4 heteroatoms. The number of hydrogen-bond acceptors (Lipinski definition) is 3. The van der Waals surface area contributed by atoms with Crippen molar-refractivity contribution in [3.8, 4) is 0 Å². The van der Waals surface area contributed by atoms with Gasteiger partial charge in [0.15, 0.2) is 0 Å². The first-order valence-corrected chi connectivity index (χ1v) is 7.40. The van der Waals surface area contributed by atoms with Crippen LogP contribution in [0.15, 0.2) is 0 Å². The molecule has 2 rings (SSSR count). The third-order valence-electron chi connectivity index (χ3n) is 4.47. The van der Waals surface area contributed by atoms with Gasteiger partial charge in [0.1, 0.15) is 0 Å². The number of aliphatic hydroxyl groups excluding tert-OH is 1. The Morgan fingerprint density at radius 2 is 1.94 bits per heavy atom. The number of rotatable bonds is 4. The molecule has 0 aromatic rings. The van der Waals surface area contributed by atoms with Crippen molar-refractivity contribution >= 4 is 5.91 Å². The van der Waals surface area contributed by atoms with Crippen molar-refractivity contribution in [3.63, 3.8) is 0 Å². The molecule has 0 aromatic heterocycles. The largest absolute Gasteiger partial charge is 0.395 e. The fourth-order valence-electron chi connectivity index (χ4n) is 3.33. The molecule has 1 amide bonds. The SMILES string of the molecule is CCC1CCCCN1C(=O)CN1CCC[C@@H]1CO. The molecule has 2 saturated heterocycles. The second-order valence-electron chi connectivity index (χ2n) is 5.59. The fraction of sp³-hybridized carbons (Fsp3) is 0.929. The van der Waals surface area contributed by atoms with Crippen molar-refractivity contribution < 1.29 is 9.90 Å². The summed E-state index contributed by atoms with van der Waals surface area (Å²) in [6.07, 6.45) is 6.76. The summed E-state index contributed by atoms with van der Waals surface area (Å²) in [6, 6.07) is 0.653. The molecule has 0 saturated carbocycles. The summed E-state index contributed by atoms with van der Waals surface area (Å²) < 4.78 is 0. The Balaban J connectivity index is 1.89. The van der Waals surface area contributed by atoms with Gasteiger partial charge in [-0.3, -0.25) is 9.69 Å². The Morgan fingerprint density at radius 1 is 1.17 bits per heavy atom. The molecule has 2 fully saturated rings. The molecule has 104 valence electrons. The second kappa shape index (κ2) is 6.53. The highest BCUT2D eigenvalue weighted by Gasteiger charge is 2.30. The first-order chi connectivity index (χ1) is 8.76. The number of hydrogen-bond donors (Lipinski definition) is 1. The normalized spacial score (nSPS) is 29.8. The third kappa shape index (κ3) is 3.04. The zero-order chi connectivity index (χ0) is 13.0. The zero-order valence-electron chi connectivity index (χ0n) is 11.5. The Hall–Kier alpha value is -0.610. The lowest BCUT2D eigenvalue weighted by Crippen LogP contribution is -2.49. The maximum atomic E-state index is 12.4. The zero-order valence-corrected chi connectivity index (χ0v) is 11.5. The predicted octanol–water partition coefficient (Wildman–Crippen LogP) is 1.23. The van der Waals surface area contributed by atoms with Crippen molar-refractivity contribution in [3.05, 3.63) is 0 Å². The molecule has 2 aliphatic rings. The molecule has 0 bridgehead atoms. The van der Waals surface area contributed by atoms with Crippen LogP contribution in [0, 0.1) is 0 Å². The van der Waals surface area contributed by atoms with E-state index in [4.69, 9.17) is 0 Å². The van der Waals surface area contributed by atoms with Crippen LogP contribution in [0.1, 0.15) is 45.4 Å². The molecule has 2 heterocycles. The van der Waals surface area contributed by atoms with Crippen LogP contribution in [-0.2, 0) is 4.79 Å². The number of carbonyl (C=O) groups is 1. The highest BCUT2D eigenvalue weighted by molar-refractivity contribution is 5.78. The van der Waals surface area contributed by atoms with E-state index in [2.05, 4.69) is 16.7 Å². The first kappa shape index (κ1) is 13.8. The van der Waals surface area contributed by atoms with E-state index in [0.29, 0.717) is 12.6 Å². The Morgan fingerprint density at radius 3 is 2.67 bits per heavy atom. The molecule has 4 nitrogen and oxygen atoms in total. The second-order valence-corrected chi connectivity index (χ2v) is 5.59. The van der Waals surface area contributed by atoms with Crippen molar-refractivity contribution in [2.45, 2.75) is 57.5 Å². The van der Waals surface area contributed by atoms with Gasteiger partial charge in [-0.15, -0.1) is 0 Å². The number of carbonyl (C=O) groups excluding carboxylic acids is 1. The predicted molar refractivity (Wildman–Crippen MR) is 71.3 cm³/mol. The van der Waals surface area contributed by atoms with Crippen LogP contribution in [-0.4, -0.2) is 59.1 Å². The molecule has 1 N–H and O–H groups in total. The maximum Gasteiger partial charge on any atom is 0.237 e. The van der Waals surface area contributed by atoms with Gasteiger partial charge in [0, 0.05) is 18.6 Å². The van der Waals surface area contributed by atoms with Gasteiger partial charge in [0.05, 0.1) is 13.2 Å². The molecular formula is C14H26N2O2. The number of piperidine rings is 1.